The van der Waals surface area contributed by atoms with Crippen molar-refractivity contribution in [2.45, 2.75) is 24.0 Å². The second-order valence-electron chi connectivity index (χ2n) is 3.72. The van der Waals surface area contributed by atoms with Crippen LogP contribution < -0.4 is 4.48 Å². The fourth-order valence-electron chi connectivity index (χ4n) is 1.25. The first-order valence-electron chi connectivity index (χ1n) is 5.12. The molecule has 0 aliphatic rings. The number of hydrogen-bond acceptors (Lipinski definition) is 2. The molecule has 0 aliphatic heterocycles. The van der Waals surface area contributed by atoms with Crippen LogP contribution in [0.2, 0.25) is 5.21 Å². The number of hydrogen-bond donors (Lipinski definition) is 1. The van der Waals surface area contributed by atoms with E-state index in [1.807, 2.05) is 0 Å². The zero-order chi connectivity index (χ0) is 15.6. The van der Waals surface area contributed by atoms with Crippen LogP contribution in [0.1, 0.15) is 22.3 Å². The summed E-state index contributed by atoms with van der Waals surface area (Å²) in [6, 6.07) is 0.405. The van der Waals surface area contributed by atoms with Crippen LogP contribution in [0.15, 0.2) is 12.3 Å². The van der Waals surface area contributed by atoms with Gasteiger partial charge >= 0.3 is 115 Å². The van der Waals surface area contributed by atoms with Gasteiger partial charge in [-0.2, -0.15) is 0 Å². The van der Waals surface area contributed by atoms with Crippen molar-refractivity contribution in [3.63, 3.8) is 0 Å². The van der Waals surface area contributed by atoms with Crippen LogP contribution in [0.3, 0.4) is 0 Å². The Balaban J connectivity index is 2.94. The van der Waals surface area contributed by atoms with Gasteiger partial charge in [-0.05, 0) is 0 Å². The number of carboxylic acid groups (broad SMARTS) is 1. The topological polar surface area (TPSA) is 50.2 Å². The average Bonchev–Trinajstić information content (AvgIpc) is 2.25. The summed E-state index contributed by atoms with van der Waals surface area (Å²) < 4.78 is 72.9. The number of alkyl halides is 6. The number of carbonyl (C=O) groups is 1. The number of carboxylic acids is 1. The molecular formula is C10H8AsF6NO2. The van der Waals surface area contributed by atoms with Crippen molar-refractivity contribution in [2.24, 2.45) is 0 Å². The predicted octanol–water partition coefficient (Wildman–Crippen LogP) is 2.23. The third kappa shape index (κ3) is 5.03. The Morgan fingerprint density at radius 1 is 1.25 bits per heavy atom. The van der Waals surface area contributed by atoms with Crippen LogP contribution in [-0.2, 0) is 6.18 Å². The Labute approximate surface area is 115 Å². The summed E-state index contributed by atoms with van der Waals surface area (Å²) in [6.07, 6.45) is -9.78. The zero-order valence-corrected chi connectivity index (χ0v) is 11.7. The molecule has 0 saturated carbocycles. The fraction of sp³-hybridized carbons (Fsp3) is 0.400. The summed E-state index contributed by atoms with van der Waals surface area (Å²) in [5.41, 5.74) is -1.91. The Bertz CT molecular complexity index is 500. The first-order chi connectivity index (χ1) is 9.00. The van der Waals surface area contributed by atoms with Gasteiger partial charge in [-0.3, -0.25) is 0 Å². The Hall–Kier alpha value is -1.24. The second-order valence-corrected chi connectivity index (χ2v) is 6.50. The first kappa shape index (κ1) is 16.8. The van der Waals surface area contributed by atoms with Gasteiger partial charge in [0.05, 0.1) is 0 Å². The normalized spacial score (nSPS) is 13.1. The Kier molecular flexibility index (Phi) is 5.07. The molecule has 1 rings (SSSR count). The Morgan fingerprint density at radius 2 is 1.85 bits per heavy atom. The molecule has 0 spiro atoms. The van der Waals surface area contributed by atoms with Crippen LogP contribution in [0, 0.1) is 0 Å². The van der Waals surface area contributed by atoms with Crippen molar-refractivity contribution in [1.29, 1.82) is 0 Å². The van der Waals surface area contributed by atoms with Gasteiger partial charge in [0.15, 0.2) is 0 Å². The number of nitrogens with zero attached hydrogens (tertiary/aromatic N) is 1. The molecule has 0 radical (unpaired) electrons. The molecule has 0 aliphatic carbocycles. The van der Waals surface area contributed by atoms with E-state index in [0.29, 0.717) is 12.3 Å². The first-order valence-corrected chi connectivity index (χ1v) is 7.65. The molecule has 1 unspecified atom stereocenters. The molecule has 0 saturated heterocycles. The van der Waals surface area contributed by atoms with E-state index in [2.05, 4.69) is 4.98 Å². The SMILES string of the molecule is O=C(O)c1cc(C(F)(F)F)cnc1[AsH]CCC(F)(F)F. The maximum atomic E-state index is 12.4. The van der Waals surface area contributed by atoms with Crippen LogP contribution >= 0.6 is 0 Å². The maximum absolute atomic E-state index is 12.4. The zero-order valence-electron chi connectivity index (χ0n) is 9.64. The average molecular weight is 363 g/mol. The van der Waals surface area contributed by atoms with Gasteiger partial charge in [-0.15, -0.1) is 0 Å². The summed E-state index contributed by atoms with van der Waals surface area (Å²) in [5, 5.41) is 8.49. The molecule has 10 heteroatoms. The third-order valence-electron chi connectivity index (χ3n) is 2.15. The molecule has 20 heavy (non-hydrogen) atoms. The number of halogens is 6. The van der Waals surface area contributed by atoms with E-state index in [1.54, 1.807) is 0 Å². The summed E-state index contributed by atoms with van der Waals surface area (Å²) in [5.74, 6) is -1.63. The monoisotopic (exact) mass is 363 g/mol. The van der Waals surface area contributed by atoms with Crippen LogP contribution in [-0.4, -0.2) is 38.0 Å². The van der Waals surface area contributed by atoms with Crippen molar-refractivity contribution in [2.75, 3.05) is 0 Å². The number of pyridine rings is 1. The fourth-order valence-corrected chi connectivity index (χ4v) is 3.70. The van der Waals surface area contributed by atoms with Gasteiger partial charge in [-0.1, -0.05) is 0 Å². The third-order valence-corrected chi connectivity index (χ3v) is 4.73. The van der Waals surface area contributed by atoms with E-state index >= 15 is 0 Å². The molecule has 0 aromatic carbocycles. The number of aromatic nitrogens is 1. The molecule has 1 N–H and O–H groups in total. The quantitative estimate of drug-likeness (QED) is 0.660. The van der Waals surface area contributed by atoms with E-state index in [-0.39, 0.29) is 9.69 Å². The minimum absolute atomic E-state index is 0.172. The van der Waals surface area contributed by atoms with E-state index in [1.165, 1.54) is 0 Å². The standard InChI is InChI=1S/C10H8AsF6NO2/c12-9(13,14)1-2-11-7-6(8(19)20)3-5(4-18-7)10(15,16)17/h3-4,11H,1-2H2,(H,19,20). The van der Waals surface area contributed by atoms with Crippen molar-refractivity contribution >= 4 is 26.2 Å². The summed E-state index contributed by atoms with van der Waals surface area (Å²) in [4.78, 5) is 14.2. The summed E-state index contributed by atoms with van der Waals surface area (Å²) in [7, 11) is 0. The number of rotatable bonds is 4. The van der Waals surface area contributed by atoms with Gasteiger partial charge in [-0.25, -0.2) is 0 Å². The van der Waals surface area contributed by atoms with Gasteiger partial charge in [0.2, 0.25) is 0 Å². The molecule has 0 amide bonds. The van der Waals surface area contributed by atoms with Crippen molar-refractivity contribution in [1.82, 2.24) is 4.98 Å². The van der Waals surface area contributed by atoms with E-state index in [4.69, 9.17) is 5.11 Å². The minimum atomic E-state index is -4.75. The van der Waals surface area contributed by atoms with E-state index < -0.39 is 51.6 Å². The van der Waals surface area contributed by atoms with E-state index in [0.717, 1.165) is 0 Å². The molecule has 112 valence electrons. The number of aromatic carboxylic acids is 1. The summed E-state index contributed by atoms with van der Waals surface area (Å²) >= 11 is -1.57. The second kappa shape index (κ2) is 6.03. The molecule has 3 nitrogen and oxygen atoms in total. The van der Waals surface area contributed by atoms with Crippen LogP contribution in [0.4, 0.5) is 26.3 Å². The molecule has 1 aromatic rings. The van der Waals surface area contributed by atoms with E-state index in [9.17, 15) is 31.1 Å². The molecular weight excluding hydrogens is 355 g/mol. The predicted molar refractivity (Wildman–Crippen MR) is 58.5 cm³/mol. The van der Waals surface area contributed by atoms with Gasteiger partial charge in [0, 0.05) is 0 Å². The molecule has 1 heterocycles. The van der Waals surface area contributed by atoms with Crippen molar-refractivity contribution < 1.29 is 36.2 Å². The van der Waals surface area contributed by atoms with Gasteiger partial charge in [0.25, 0.3) is 0 Å². The molecule has 0 fully saturated rings. The molecule has 1 atom stereocenters. The van der Waals surface area contributed by atoms with Crippen LogP contribution in [0.5, 0.6) is 0 Å². The van der Waals surface area contributed by atoms with Crippen molar-refractivity contribution in [3.8, 4) is 0 Å². The van der Waals surface area contributed by atoms with Crippen molar-refractivity contribution in [3.05, 3.63) is 23.4 Å². The molecule has 0 bridgehead atoms. The molecule has 1 aromatic heterocycles. The van der Waals surface area contributed by atoms with Gasteiger partial charge in [0.1, 0.15) is 0 Å². The van der Waals surface area contributed by atoms with Gasteiger partial charge < -0.3 is 0 Å². The van der Waals surface area contributed by atoms with Crippen LogP contribution in [0.25, 0.3) is 0 Å². The summed E-state index contributed by atoms with van der Waals surface area (Å²) in [6.45, 7) is 0. The Morgan fingerprint density at radius 3 is 2.30 bits per heavy atom.